The summed E-state index contributed by atoms with van der Waals surface area (Å²) in [6.45, 7) is 0.402. The number of anilines is 2. The van der Waals surface area contributed by atoms with E-state index in [0.717, 1.165) is 24.3 Å². The minimum Gasteiger partial charge on any atom is -0.463 e. The van der Waals surface area contributed by atoms with Crippen molar-refractivity contribution in [2.75, 3.05) is 24.7 Å². The molecule has 0 unspecified atom stereocenters. The Hall–Kier alpha value is -4.80. The summed E-state index contributed by atoms with van der Waals surface area (Å²) in [7, 11) is 0. The highest BCUT2D eigenvalue weighted by molar-refractivity contribution is 5.92. The van der Waals surface area contributed by atoms with Crippen molar-refractivity contribution < 1.29 is 41.8 Å². The number of hydrogen-bond donors (Lipinski definition) is 2. The van der Waals surface area contributed by atoms with E-state index in [-0.39, 0.29) is 30.1 Å². The van der Waals surface area contributed by atoms with Crippen LogP contribution in [0.3, 0.4) is 0 Å². The number of unbranched alkanes of at least 4 members (excludes halogenated alkanes) is 2. The SMILES string of the molecule is Nc1cc(N)cc(C(=O)OCCCCCOC(=O)/C=C/c2ccc(OC(=O)c3ccc(C(F)(F)F)cc3)cc2)c1. The molecule has 0 atom stereocenters. The molecule has 0 spiro atoms. The summed E-state index contributed by atoms with van der Waals surface area (Å²) in [4.78, 5) is 36.1. The van der Waals surface area contributed by atoms with Crippen molar-refractivity contribution in [1.29, 1.82) is 0 Å². The zero-order valence-corrected chi connectivity index (χ0v) is 21.3. The molecule has 4 N–H and O–H groups in total. The van der Waals surface area contributed by atoms with Gasteiger partial charge in [0.25, 0.3) is 0 Å². The molecule has 0 saturated heterocycles. The molecule has 0 aromatic heterocycles. The van der Waals surface area contributed by atoms with E-state index in [1.165, 1.54) is 36.4 Å². The molecule has 210 valence electrons. The quantitative estimate of drug-likeness (QED) is 0.102. The lowest BCUT2D eigenvalue weighted by atomic mass is 10.1. The minimum absolute atomic E-state index is 0.0239. The van der Waals surface area contributed by atoms with Crippen LogP contribution < -0.4 is 16.2 Å². The van der Waals surface area contributed by atoms with Gasteiger partial charge in [-0.2, -0.15) is 13.2 Å². The Morgan fingerprint density at radius 2 is 1.32 bits per heavy atom. The van der Waals surface area contributed by atoms with Crippen LogP contribution in [0.2, 0.25) is 0 Å². The fraction of sp³-hybridized carbons (Fsp3) is 0.207. The molecule has 0 aliphatic carbocycles. The Balaban J connectivity index is 1.32. The number of halogens is 3. The number of ether oxygens (including phenoxy) is 3. The third-order valence-corrected chi connectivity index (χ3v) is 5.43. The zero-order chi connectivity index (χ0) is 29.1. The Bertz CT molecular complexity index is 1330. The van der Waals surface area contributed by atoms with Crippen LogP contribution in [0.1, 0.15) is 51.1 Å². The van der Waals surface area contributed by atoms with Crippen LogP contribution in [0.15, 0.2) is 72.8 Å². The van der Waals surface area contributed by atoms with Gasteiger partial charge < -0.3 is 25.7 Å². The Morgan fingerprint density at radius 3 is 1.93 bits per heavy atom. The molecule has 11 heteroatoms. The second kappa shape index (κ2) is 13.8. The van der Waals surface area contributed by atoms with Crippen LogP contribution in [-0.4, -0.2) is 31.1 Å². The Morgan fingerprint density at radius 1 is 0.725 bits per heavy atom. The number of carbonyl (C=O) groups is 3. The smallest absolute Gasteiger partial charge is 0.416 e. The average Bonchev–Trinajstić information content (AvgIpc) is 2.91. The highest BCUT2D eigenvalue weighted by atomic mass is 19.4. The van der Waals surface area contributed by atoms with Crippen molar-refractivity contribution in [2.45, 2.75) is 25.4 Å². The second-order valence-corrected chi connectivity index (χ2v) is 8.62. The largest absolute Gasteiger partial charge is 0.463 e. The monoisotopic (exact) mass is 556 g/mol. The number of nitrogen functional groups attached to an aromatic ring is 2. The number of hydrogen-bond acceptors (Lipinski definition) is 8. The zero-order valence-electron chi connectivity index (χ0n) is 21.3. The summed E-state index contributed by atoms with van der Waals surface area (Å²) in [6.07, 6.45) is 0.130. The number of rotatable bonds is 11. The second-order valence-electron chi connectivity index (χ2n) is 8.62. The first-order valence-corrected chi connectivity index (χ1v) is 12.2. The summed E-state index contributed by atoms with van der Waals surface area (Å²) in [5.74, 6) is -1.66. The van der Waals surface area contributed by atoms with Gasteiger partial charge in [0.05, 0.1) is 29.9 Å². The predicted octanol–water partition coefficient (Wildman–Crippen LogP) is 5.67. The predicted molar refractivity (Wildman–Crippen MR) is 142 cm³/mol. The van der Waals surface area contributed by atoms with Gasteiger partial charge in [-0.05, 0) is 85.5 Å². The maximum atomic E-state index is 12.7. The third kappa shape index (κ3) is 9.50. The lowest BCUT2D eigenvalue weighted by molar-refractivity contribution is -0.138. The highest BCUT2D eigenvalue weighted by Crippen LogP contribution is 2.29. The average molecular weight is 557 g/mol. The van der Waals surface area contributed by atoms with Crippen LogP contribution in [0.25, 0.3) is 6.08 Å². The minimum atomic E-state index is -4.49. The van der Waals surface area contributed by atoms with Gasteiger partial charge >= 0.3 is 24.1 Å². The Labute approximate surface area is 228 Å². The van der Waals surface area contributed by atoms with E-state index >= 15 is 0 Å². The van der Waals surface area contributed by atoms with Crippen molar-refractivity contribution in [3.05, 3.63) is 95.1 Å². The molecular formula is C29H27F3N2O6. The fourth-order valence-electron chi connectivity index (χ4n) is 3.42. The van der Waals surface area contributed by atoms with Crippen molar-refractivity contribution in [1.82, 2.24) is 0 Å². The van der Waals surface area contributed by atoms with Gasteiger partial charge in [0.2, 0.25) is 0 Å². The van der Waals surface area contributed by atoms with E-state index in [2.05, 4.69) is 0 Å². The van der Waals surface area contributed by atoms with Crippen LogP contribution in [-0.2, 0) is 20.4 Å². The molecule has 0 fully saturated rings. The molecule has 0 heterocycles. The number of nitrogens with two attached hydrogens (primary N) is 2. The lowest BCUT2D eigenvalue weighted by Crippen LogP contribution is -2.10. The van der Waals surface area contributed by atoms with Crippen LogP contribution in [0.5, 0.6) is 5.75 Å². The first kappa shape index (κ1) is 29.8. The van der Waals surface area contributed by atoms with Gasteiger partial charge in [-0.25, -0.2) is 14.4 Å². The van der Waals surface area contributed by atoms with E-state index in [9.17, 15) is 27.6 Å². The van der Waals surface area contributed by atoms with Crippen LogP contribution >= 0.6 is 0 Å². The van der Waals surface area contributed by atoms with Gasteiger partial charge in [-0.3, -0.25) is 0 Å². The highest BCUT2D eigenvalue weighted by Gasteiger charge is 2.30. The van der Waals surface area contributed by atoms with E-state index < -0.39 is 29.6 Å². The standard InChI is InChI=1S/C29H27F3N2O6/c30-29(31,32)22-9-7-20(8-10-22)28(37)40-25-11-4-19(5-12-25)6-13-26(35)38-14-2-1-3-15-39-27(36)21-16-23(33)18-24(34)17-21/h4-13,16-18H,1-3,14-15,33-34H2/b13-6+. The molecule has 3 rings (SSSR count). The molecule has 8 nitrogen and oxygen atoms in total. The van der Waals surface area contributed by atoms with Crippen molar-refractivity contribution in [3.8, 4) is 5.75 Å². The molecule has 0 aliphatic heterocycles. The summed E-state index contributed by atoms with van der Waals surface area (Å²) < 4.78 is 53.5. The van der Waals surface area contributed by atoms with Gasteiger partial charge in [-0.15, -0.1) is 0 Å². The number of carbonyl (C=O) groups excluding carboxylic acids is 3. The first-order valence-electron chi connectivity index (χ1n) is 12.2. The van der Waals surface area contributed by atoms with Crippen molar-refractivity contribution in [2.24, 2.45) is 0 Å². The summed E-state index contributed by atoms with van der Waals surface area (Å²) >= 11 is 0. The molecule has 0 amide bonds. The normalized spacial score (nSPS) is 11.3. The van der Waals surface area contributed by atoms with E-state index in [1.54, 1.807) is 18.2 Å². The van der Waals surface area contributed by atoms with E-state index in [4.69, 9.17) is 25.7 Å². The van der Waals surface area contributed by atoms with Gasteiger partial charge in [0.15, 0.2) is 0 Å². The molecule has 0 saturated carbocycles. The summed E-state index contributed by atoms with van der Waals surface area (Å²) in [6, 6.07) is 14.4. The van der Waals surface area contributed by atoms with Crippen LogP contribution in [0.4, 0.5) is 24.5 Å². The number of alkyl halides is 3. The molecular weight excluding hydrogens is 529 g/mol. The van der Waals surface area contributed by atoms with Crippen molar-refractivity contribution in [3.63, 3.8) is 0 Å². The van der Waals surface area contributed by atoms with Gasteiger partial charge in [0.1, 0.15) is 5.75 Å². The third-order valence-electron chi connectivity index (χ3n) is 5.43. The van der Waals surface area contributed by atoms with Gasteiger partial charge in [0, 0.05) is 17.5 Å². The molecule has 3 aromatic rings. The summed E-state index contributed by atoms with van der Waals surface area (Å²) in [5.41, 5.74) is 12.1. The number of esters is 3. The maximum Gasteiger partial charge on any atom is 0.416 e. The molecule has 40 heavy (non-hydrogen) atoms. The Kier molecular flexibility index (Phi) is 10.3. The summed E-state index contributed by atoms with van der Waals surface area (Å²) in [5, 5.41) is 0. The first-order chi connectivity index (χ1) is 19.0. The molecule has 0 radical (unpaired) electrons. The molecule has 0 bridgehead atoms. The molecule has 0 aliphatic rings. The maximum absolute atomic E-state index is 12.7. The fourth-order valence-corrected chi connectivity index (χ4v) is 3.42. The van der Waals surface area contributed by atoms with E-state index in [1.807, 2.05) is 0 Å². The van der Waals surface area contributed by atoms with Crippen LogP contribution in [0, 0.1) is 0 Å². The van der Waals surface area contributed by atoms with Gasteiger partial charge in [-0.1, -0.05) is 12.1 Å². The lowest BCUT2D eigenvalue weighted by Gasteiger charge is -2.08. The molecule has 3 aromatic carbocycles. The van der Waals surface area contributed by atoms with Crippen molar-refractivity contribution >= 4 is 35.4 Å². The number of benzene rings is 3. The van der Waals surface area contributed by atoms with E-state index in [0.29, 0.717) is 36.2 Å². The topological polar surface area (TPSA) is 131 Å².